The second-order valence-corrected chi connectivity index (χ2v) is 3.40. The van der Waals surface area contributed by atoms with E-state index in [9.17, 15) is 4.79 Å². The SMILES string of the molecule is NC(=O)CNc1n[nH]c(=S)s1. The van der Waals surface area contributed by atoms with Crippen molar-refractivity contribution in [2.45, 2.75) is 0 Å². The van der Waals surface area contributed by atoms with Gasteiger partial charge in [0.25, 0.3) is 0 Å². The van der Waals surface area contributed by atoms with E-state index in [1.165, 1.54) is 11.3 Å². The second kappa shape index (κ2) is 3.44. The minimum atomic E-state index is -0.425. The first-order chi connectivity index (χ1) is 5.18. The van der Waals surface area contributed by atoms with Gasteiger partial charge in [0.15, 0.2) is 3.95 Å². The smallest absolute Gasteiger partial charge is 0.236 e. The fraction of sp³-hybridized carbons (Fsp3) is 0.250. The number of anilines is 1. The summed E-state index contributed by atoms with van der Waals surface area (Å²) in [7, 11) is 0. The van der Waals surface area contributed by atoms with Crippen LogP contribution in [0.15, 0.2) is 0 Å². The Morgan fingerprint density at radius 1 is 1.91 bits per heavy atom. The average molecular weight is 190 g/mol. The van der Waals surface area contributed by atoms with Gasteiger partial charge < -0.3 is 11.1 Å². The molecule has 0 aromatic carbocycles. The molecule has 0 aliphatic carbocycles. The van der Waals surface area contributed by atoms with Gasteiger partial charge >= 0.3 is 0 Å². The number of primary amides is 1. The van der Waals surface area contributed by atoms with Crippen molar-refractivity contribution in [2.24, 2.45) is 5.73 Å². The lowest BCUT2D eigenvalue weighted by Gasteiger charge is -1.94. The molecule has 0 atom stereocenters. The Labute approximate surface area is 71.6 Å². The normalized spacial score (nSPS) is 9.45. The molecule has 5 nitrogen and oxygen atoms in total. The third-order valence-corrected chi connectivity index (χ3v) is 1.90. The van der Waals surface area contributed by atoms with E-state index in [0.717, 1.165) is 0 Å². The molecule has 1 rings (SSSR count). The topological polar surface area (TPSA) is 83.8 Å². The van der Waals surface area contributed by atoms with E-state index in [2.05, 4.69) is 15.5 Å². The van der Waals surface area contributed by atoms with Crippen molar-refractivity contribution < 1.29 is 4.79 Å². The van der Waals surface area contributed by atoms with E-state index in [1.807, 2.05) is 0 Å². The highest BCUT2D eigenvalue weighted by Crippen LogP contribution is 2.09. The summed E-state index contributed by atoms with van der Waals surface area (Å²) in [4.78, 5) is 10.3. The Balaban J connectivity index is 2.51. The van der Waals surface area contributed by atoms with E-state index in [4.69, 9.17) is 18.0 Å². The maximum Gasteiger partial charge on any atom is 0.236 e. The quantitative estimate of drug-likeness (QED) is 0.590. The third-order valence-electron chi connectivity index (χ3n) is 0.852. The lowest BCUT2D eigenvalue weighted by atomic mass is 10.6. The summed E-state index contributed by atoms with van der Waals surface area (Å²) in [5.74, 6) is -0.425. The molecule has 11 heavy (non-hydrogen) atoms. The fourth-order valence-electron chi connectivity index (χ4n) is 0.468. The Kier molecular flexibility index (Phi) is 2.55. The Morgan fingerprint density at radius 3 is 3.09 bits per heavy atom. The van der Waals surface area contributed by atoms with Crippen molar-refractivity contribution in [2.75, 3.05) is 11.9 Å². The standard InChI is InChI=1S/C4H6N4OS2/c5-2(9)1-6-3-7-8-4(10)11-3/h1H2,(H2,5,9)(H,6,7)(H,8,10). The number of hydrogen-bond donors (Lipinski definition) is 3. The molecule has 1 aromatic heterocycles. The van der Waals surface area contributed by atoms with E-state index < -0.39 is 5.91 Å². The maximum atomic E-state index is 10.3. The molecule has 1 heterocycles. The highest BCUT2D eigenvalue weighted by atomic mass is 32.1. The van der Waals surface area contributed by atoms with Crippen LogP contribution in [0.3, 0.4) is 0 Å². The van der Waals surface area contributed by atoms with Gasteiger partial charge in [0.05, 0.1) is 6.54 Å². The predicted molar refractivity (Wildman–Crippen MR) is 45.0 cm³/mol. The van der Waals surface area contributed by atoms with Crippen LogP contribution in [0.4, 0.5) is 5.13 Å². The molecule has 0 fully saturated rings. The first kappa shape index (κ1) is 8.15. The van der Waals surface area contributed by atoms with Crippen molar-refractivity contribution in [1.82, 2.24) is 10.2 Å². The monoisotopic (exact) mass is 190 g/mol. The molecule has 0 unspecified atom stereocenters. The number of amides is 1. The van der Waals surface area contributed by atoms with E-state index in [-0.39, 0.29) is 6.54 Å². The molecule has 0 spiro atoms. The Bertz CT molecular complexity index is 303. The number of aromatic nitrogens is 2. The summed E-state index contributed by atoms with van der Waals surface area (Å²) in [6.45, 7) is 0.0795. The molecule has 0 bridgehead atoms. The van der Waals surface area contributed by atoms with Gasteiger partial charge in [0.1, 0.15) is 0 Å². The summed E-state index contributed by atoms with van der Waals surface area (Å²) in [5.41, 5.74) is 4.89. The van der Waals surface area contributed by atoms with Crippen LogP contribution in [0.2, 0.25) is 0 Å². The summed E-state index contributed by atoms with van der Waals surface area (Å²) in [6, 6.07) is 0. The van der Waals surface area contributed by atoms with Crippen LogP contribution in [0.1, 0.15) is 0 Å². The molecule has 60 valence electrons. The zero-order chi connectivity index (χ0) is 8.27. The molecule has 0 aliphatic rings. The number of nitrogens with zero attached hydrogens (tertiary/aromatic N) is 1. The van der Waals surface area contributed by atoms with Crippen LogP contribution in [-0.4, -0.2) is 22.6 Å². The van der Waals surface area contributed by atoms with Gasteiger partial charge in [-0.05, 0) is 12.2 Å². The van der Waals surface area contributed by atoms with Crippen LogP contribution >= 0.6 is 23.6 Å². The zero-order valence-corrected chi connectivity index (χ0v) is 7.09. The lowest BCUT2D eigenvalue weighted by molar-refractivity contribution is -0.116. The van der Waals surface area contributed by atoms with Crippen LogP contribution in [0.25, 0.3) is 0 Å². The summed E-state index contributed by atoms with van der Waals surface area (Å²) >= 11 is 6.02. The maximum absolute atomic E-state index is 10.3. The molecular weight excluding hydrogens is 184 g/mol. The molecule has 1 amide bonds. The van der Waals surface area contributed by atoms with Gasteiger partial charge in [-0.25, -0.2) is 0 Å². The first-order valence-corrected chi connectivity index (χ1v) is 3.98. The fourth-order valence-corrected chi connectivity index (χ4v) is 1.25. The number of carbonyl (C=O) groups excluding carboxylic acids is 1. The molecule has 0 radical (unpaired) electrons. The Hall–Kier alpha value is -0.950. The minimum absolute atomic E-state index is 0.0795. The molecular formula is C4H6N4OS2. The van der Waals surface area contributed by atoms with Gasteiger partial charge in [-0.2, -0.15) is 0 Å². The van der Waals surface area contributed by atoms with Crippen molar-refractivity contribution in [3.63, 3.8) is 0 Å². The first-order valence-electron chi connectivity index (χ1n) is 2.76. The zero-order valence-electron chi connectivity index (χ0n) is 5.46. The van der Waals surface area contributed by atoms with Crippen molar-refractivity contribution >= 4 is 34.6 Å². The number of carbonyl (C=O) groups is 1. The molecule has 0 saturated carbocycles. The van der Waals surface area contributed by atoms with E-state index in [0.29, 0.717) is 9.09 Å². The largest absolute Gasteiger partial charge is 0.368 e. The summed E-state index contributed by atoms with van der Waals surface area (Å²) in [5, 5.41) is 9.60. The van der Waals surface area contributed by atoms with Crippen molar-refractivity contribution in [1.29, 1.82) is 0 Å². The molecule has 1 aromatic rings. The molecule has 4 N–H and O–H groups in total. The molecule has 0 saturated heterocycles. The van der Waals surface area contributed by atoms with Crippen LogP contribution in [0, 0.1) is 3.95 Å². The number of H-pyrrole nitrogens is 1. The highest BCUT2D eigenvalue weighted by Gasteiger charge is 1.97. The van der Waals surface area contributed by atoms with E-state index in [1.54, 1.807) is 0 Å². The number of nitrogens with two attached hydrogens (primary N) is 1. The Morgan fingerprint density at radius 2 is 2.64 bits per heavy atom. The summed E-state index contributed by atoms with van der Waals surface area (Å²) < 4.78 is 0.567. The molecule has 0 aliphatic heterocycles. The number of rotatable bonds is 3. The summed E-state index contributed by atoms with van der Waals surface area (Å²) in [6.07, 6.45) is 0. The van der Waals surface area contributed by atoms with Gasteiger partial charge in [0, 0.05) is 0 Å². The van der Waals surface area contributed by atoms with E-state index >= 15 is 0 Å². The molecule has 7 heteroatoms. The van der Waals surface area contributed by atoms with Gasteiger partial charge in [-0.3, -0.25) is 9.89 Å². The van der Waals surface area contributed by atoms with Crippen molar-refractivity contribution in [3.05, 3.63) is 3.95 Å². The second-order valence-electron chi connectivity index (χ2n) is 1.74. The minimum Gasteiger partial charge on any atom is -0.368 e. The van der Waals surface area contributed by atoms with Gasteiger partial charge in [-0.15, -0.1) is 5.10 Å². The van der Waals surface area contributed by atoms with Crippen LogP contribution in [-0.2, 0) is 4.79 Å². The third kappa shape index (κ3) is 2.64. The number of aromatic amines is 1. The van der Waals surface area contributed by atoms with Crippen molar-refractivity contribution in [3.8, 4) is 0 Å². The van der Waals surface area contributed by atoms with Gasteiger partial charge in [0.2, 0.25) is 11.0 Å². The number of nitrogens with one attached hydrogen (secondary N) is 2. The number of hydrogen-bond acceptors (Lipinski definition) is 5. The van der Waals surface area contributed by atoms with Crippen LogP contribution in [0.5, 0.6) is 0 Å². The lowest BCUT2D eigenvalue weighted by Crippen LogP contribution is -2.21. The average Bonchev–Trinajstić information content (AvgIpc) is 2.31. The van der Waals surface area contributed by atoms with Crippen LogP contribution < -0.4 is 11.1 Å². The van der Waals surface area contributed by atoms with Gasteiger partial charge in [-0.1, -0.05) is 11.3 Å². The predicted octanol–water partition coefficient (Wildman–Crippen LogP) is 0.0979. The highest BCUT2D eigenvalue weighted by molar-refractivity contribution is 7.73.